The molecule has 2 amide bonds. The van der Waals surface area contributed by atoms with E-state index in [4.69, 9.17) is 0 Å². The molecule has 3 rings (SSSR count). The van der Waals surface area contributed by atoms with E-state index >= 15 is 0 Å². The van der Waals surface area contributed by atoms with Crippen molar-refractivity contribution in [3.8, 4) is 0 Å². The van der Waals surface area contributed by atoms with Crippen LogP contribution in [0.4, 0.5) is 0 Å². The van der Waals surface area contributed by atoms with Gasteiger partial charge in [-0.05, 0) is 18.3 Å². The second-order valence-corrected chi connectivity index (χ2v) is 4.94. The standard InChI is InChI=1S/C10H11NO2.C3H8.C2H6.H2S/c1-11-9(12)7-5-2-3-6(4-5)8(7)10(11)13;1-3-2;1-2;/h2-3,5-8H,4H2,1H3;3H2,1-2H3;1-2H3;1H2. The third kappa shape index (κ3) is 3.04. The fraction of sp³-hybridized carbons (Fsp3) is 0.733. The molecule has 0 aromatic heterocycles. The number of carbonyl (C=O) groups excluding carboxylic acids is 2. The molecule has 0 spiro atoms. The first-order valence-corrected chi connectivity index (χ1v) is 7.11. The minimum atomic E-state index is -0.0208. The molecule has 1 saturated carbocycles. The summed E-state index contributed by atoms with van der Waals surface area (Å²) in [5, 5.41) is 0. The van der Waals surface area contributed by atoms with Gasteiger partial charge in [0, 0.05) is 7.05 Å². The molecule has 0 radical (unpaired) electrons. The van der Waals surface area contributed by atoms with Gasteiger partial charge in [-0.2, -0.15) is 13.5 Å². The molecule has 1 heterocycles. The Kier molecular flexibility index (Phi) is 7.42. The maximum absolute atomic E-state index is 11.7. The minimum absolute atomic E-state index is 0. The second-order valence-electron chi connectivity index (χ2n) is 4.94. The molecule has 110 valence electrons. The Morgan fingerprint density at radius 2 is 1.37 bits per heavy atom. The summed E-state index contributed by atoms with van der Waals surface area (Å²) in [6, 6.07) is 0. The van der Waals surface area contributed by atoms with Crippen LogP contribution in [0.15, 0.2) is 12.2 Å². The Morgan fingerprint density at radius 3 is 1.68 bits per heavy atom. The van der Waals surface area contributed by atoms with E-state index in [1.54, 1.807) is 7.05 Å². The van der Waals surface area contributed by atoms with Gasteiger partial charge in [-0.3, -0.25) is 14.5 Å². The highest BCUT2D eigenvalue weighted by atomic mass is 32.1. The van der Waals surface area contributed by atoms with Gasteiger partial charge in [-0.15, -0.1) is 0 Å². The quantitative estimate of drug-likeness (QED) is 0.507. The lowest BCUT2D eigenvalue weighted by Gasteiger charge is -2.14. The average Bonchev–Trinajstić information content (AvgIpc) is 3.04. The zero-order valence-electron chi connectivity index (χ0n) is 12.6. The summed E-state index contributed by atoms with van der Waals surface area (Å²) in [5.74, 6) is 0.714. The number of allylic oxidation sites excluding steroid dienone is 2. The van der Waals surface area contributed by atoms with Gasteiger partial charge < -0.3 is 0 Å². The van der Waals surface area contributed by atoms with Crippen LogP contribution in [0.1, 0.15) is 40.5 Å². The Balaban J connectivity index is 0.000000483. The van der Waals surface area contributed by atoms with Gasteiger partial charge in [0.05, 0.1) is 11.8 Å². The Bertz CT molecular complexity index is 324. The molecule has 3 aliphatic rings. The van der Waals surface area contributed by atoms with E-state index in [2.05, 4.69) is 26.0 Å². The fourth-order valence-corrected chi connectivity index (χ4v) is 3.05. The van der Waals surface area contributed by atoms with Crippen molar-refractivity contribution in [3.63, 3.8) is 0 Å². The zero-order valence-corrected chi connectivity index (χ0v) is 13.6. The van der Waals surface area contributed by atoms with Gasteiger partial charge in [0.2, 0.25) is 11.8 Å². The van der Waals surface area contributed by atoms with Crippen LogP contribution in [-0.4, -0.2) is 23.8 Å². The van der Waals surface area contributed by atoms with Crippen LogP contribution < -0.4 is 0 Å². The van der Waals surface area contributed by atoms with Crippen molar-refractivity contribution in [2.45, 2.75) is 40.5 Å². The van der Waals surface area contributed by atoms with Gasteiger partial charge in [0.25, 0.3) is 0 Å². The van der Waals surface area contributed by atoms with Crippen molar-refractivity contribution in [2.75, 3.05) is 7.05 Å². The van der Waals surface area contributed by atoms with Crippen LogP contribution in [0.3, 0.4) is 0 Å². The molecule has 1 saturated heterocycles. The molecule has 4 unspecified atom stereocenters. The van der Waals surface area contributed by atoms with E-state index in [9.17, 15) is 9.59 Å². The highest BCUT2D eigenvalue weighted by Gasteiger charge is 2.58. The number of amides is 2. The van der Waals surface area contributed by atoms with Crippen molar-refractivity contribution >= 4 is 25.3 Å². The maximum atomic E-state index is 11.7. The third-order valence-electron chi connectivity index (χ3n) is 3.69. The summed E-state index contributed by atoms with van der Waals surface area (Å²) in [7, 11) is 1.60. The molecule has 2 fully saturated rings. The van der Waals surface area contributed by atoms with Gasteiger partial charge in [0.1, 0.15) is 0 Å². The van der Waals surface area contributed by atoms with E-state index < -0.39 is 0 Å². The van der Waals surface area contributed by atoms with Crippen LogP contribution in [-0.2, 0) is 9.59 Å². The fourth-order valence-electron chi connectivity index (χ4n) is 3.05. The topological polar surface area (TPSA) is 37.4 Å². The van der Waals surface area contributed by atoms with Crippen LogP contribution in [0.5, 0.6) is 0 Å². The summed E-state index contributed by atoms with van der Waals surface area (Å²) in [5.41, 5.74) is 0. The SMILES string of the molecule is CC.CCC.CN1C(=O)C2C3C=CC(C3)C2C1=O.S. The number of rotatable bonds is 0. The van der Waals surface area contributed by atoms with E-state index in [-0.39, 0.29) is 37.1 Å². The number of likely N-dealkylation sites (tertiary alicyclic amines) is 1. The van der Waals surface area contributed by atoms with E-state index in [0.717, 1.165) is 6.42 Å². The second kappa shape index (κ2) is 7.73. The first-order chi connectivity index (χ1) is 8.61. The molecular formula is C15H27NO2S. The zero-order chi connectivity index (χ0) is 13.9. The van der Waals surface area contributed by atoms with E-state index in [1.165, 1.54) is 11.3 Å². The lowest BCUT2D eigenvalue weighted by molar-refractivity contribution is -0.138. The number of fused-ring (bicyclic) bond motifs is 5. The molecule has 4 atom stereocenters. The van der Waals surface area contributed by atoms with E-state index in [1.807, 2.05) is 13.8 Å². The molecule has 0 N–H and O–H groups in total. The van der Waals surface area contributed by atoms with Crippen molar-refractivity contribution in [1.82, 2.24) is 4.90 Å². The normalized spacial score (nSPS) is 33.0. The van der Waals surface area contributed by atoms with Crippen molar-refractivity contribution in [1.29, 1.82) is 0 Å². The summed E-state index contributed by atoms with van der Waals surface area (Å²) in [4.78, 5) is 24.6. The van der Waals surface area contributed by atoms with Crippen LogP contribution >= 0.6 is 13.5 Å². The molecule has 2 aliphatic carbocycles. The predicted molar refractivity (Wildman–Crippen MR) is 83.2 cm³/mol. The van der Waals surface area contributed by atoms with Crippen molar-refractivity contribution in [3.05, 3.63) is 12.2 Å². The molecule has 19 heavy (non-hydrogen) atoms. The smallest absolute Gasteiger partial charge is 0.233 e. The predicted octanol–water partition coefficient (Wildman–Crippen LogP) is 2.98. The van der Waals surface area contributed by atoms with Crippen LogP contribution in [0, 0.1) is 23.7 Å². The average molecular weight is 285 g/mol. The minimum Gasteiger partial charge on any atom is -0.285 e. The maximum Gasteiger partial charge on any atom is 0.233 e. The molecule has 0 aromatic rings. The molecular weight excluding hydrogens is 258 g/mol. The summed E-state index contributed by atoms with van der Waals surface area (Å²) >= 11 is 0. The van der Waals surface area contributed by atoms with Gasteiger partial charge in [-0.1, -0.05) is 46.3 Å². The Hall–Kier alpha value is -0.770. The lowest BCUT2D eigenvalue weighted by atomic mass is 9.85. The first kappa shape index (κ1) is 18.2. The molecule has 4 heteroatoms. The monoisotopic (exact) mass is 285 g/mol. The first-order valence-electron chi connectivity index (χ1n) is 7.11. The number of hydrogen-bond donors (Lipinski definition) is 0. The van der Waals surface area contributed by atoms with Crippen LogP contribution in [0.25, 0.3) is 0 Å². The van der Waals surface area contributed by atoms with Crippen molar-refractivity contribution in [2.24, 2.45) is 23.7 Å². The van der Waals surface area contributed by atoms with Gasteiger partial charge >= 0.3 is 0 Å². The number of hydrogen-bond acceptors (Lipinski definition) is 2. The molecule has 2 bridgehead atoms. The van der Waals surface area contributed by atoms with Crippen molar-refractivity contribution < 1.29 is 9.59 Å². The summed E-state index contributed by atoms with van der Waals surface area (Å²) in [6.07, 6.45) is 6.48. The van der Waals surface area contributed by atoms with Gasteiger partial charge in [-0.25, -0.2) is 0 Å². The number of imide groups is 1. The van der Waals surface area contributed by atoms with Gasteiger partial charge in [0.15, 0.2) is 0 Å². The highest BCUT2D eigenvalue weighted by molar-refractivity contribution is 7.59. The molecule has 3 nitrogen and oxygen atoms in total. The third-order valence-corrected chi connectivity index (χ3v) is 3.69. The molecule has 0 aromatic carbocycles. The highest BCUT2D eigenvalue weighted by Crippen LogP contribution is 2.52. The summed E-state index contributed by atoms with van der Waals surface area (Å²) < 4.78 is 0. The number of carbonyl (C=O) groups is 2. The number of nitrogens with zero attached hydrogens (tertiary/aromatic N) is 1. The Morgan fingerprint density at radius 1 is 1.05 bits per heavy atom. The molecule has 1 aliphatic heterocycles. The largest absolute Gasteiger partial charge is 0.285 e. The lowest BCUT2D eigenvalue weighted by Crippen LogP contribution is -2.28. The van der Waals surface area contributed by atoms with Crippen LogP contribution in [0.2, 0.25) is 0 Å². The van der Waals surface area contributed by atoms with E-state index in [0.29, 0.717) is 11.8 Å². The summed E-state index contributed by atoms with van der Waals surface area (Å²) in [6.45, 7) is 8.25. The Labute approximate surface area is 123 Å².